The first-order valence-electron chi connectivity index (χ1n) is 4.09. The summed E-state index contributed by atoms with van der Waals surface area (Å²) in [6.45, 7) is 8.08. The SMILES string of the molecule is CCC(=N)CN[S+]([O-])C(C)(C)C. The van der Waals surface area contributed by atoms with Crippen LogP contribution in [-0.2, 0) is 11.4 Å². The molecule has 0 bridgehead atoms. The highest BCUT2D eigenvalue weighted by Gasteiger charge is 2.25. The van der Waals surface area contributed by atoms with E-state index < -0.39 is 11.4 Å². The van der Waals surface area contributed by atoms with Gasteiger partial charge in [0.1, 0.15) is 4.75 Å². The van der Waals surface area contributed by atoms with Crippen molar-refractivity contribution in [2.24, 2.45) is 0 Å². The molecular formula is C8H18N2OS. The highest BCUT2D eigenvalue weighted by molar-refractivity contribution is 7.90. The van der Waals surface area contributed by atoms with Crippen molar-refractivity contribution < 1.29 is 4.55 Å². The van der Waals surface area contributed by atoms with Gasteiger partial charge in [-0.25, -0.2) is 0 Å². The monoisotopic (exact) mass is 190 g/mol. The number of hydrogen-bond acceptors (Lipinski definition) is 3. The topological polar surface area (TPSA) is 58.9 Å². The van der Waals surface area contributed by atoms with E-state index in [1.807, 2.05) is 27.7 Å². The third-order valence-electron chi connectivity index (χ3n) is 1.40. The molecule has 2 N–H and O–H groups in total. The first kappa shape index (κ1) is 11.9. The van der Waals surface area contributed by atoms with E-state index in [1.165, 1.54) is 0 Å². The smallest absolute Gasteiger partial charge is 0.136 e. The summed E-state index contributed by atoms with van der Waals surface area (Å²) >= 11 is -1.05. The summed E-state index contributed by atoms with van der Waals surface area (Å²) in [5, 5.41) is 7.34. The molecule has 0 aromatic rings. The maximum absolute atomic E-state index is 11.4. The van der Waals surface area contributed by atoms with Gasteiger partial charge >= 0.3 is 0 Å². The molecule has 0 amide bonds. The van der Waals surface area contributed by atoms with Gasteiger partial charge in [0.15, 0.2) is 0 Å². The summed E-state index contributed by atoms with van der Waals surface area (Å²) in [6, 6.07) is 0. The van der Waals surface area contributed by atoms with Crippen LogP contribution in [0.4, 0.5) is 0 Å². The summed E-state index contributed by atoms with van der Waals surface area (Å²) in [4.78, 5) is 0. The minimum Gasteiger partial charge on any atom is -0.598 e. The Labute approximate surface area is 77.8 Å². The molecule has 1 atom stereocenters. The van der Waals surface area contributed by atoms with Crippen molar-refractivity contribution in [1.29, 1.82) is 5.41 Å². The van der Waals surface area contributed by atoms with Crippen LogP contribution in [0.25, 0.3) is 0 Å². The van der Waals surface area contributed by atoms with E-state index in [0.717, 1.165) is 0 Å². The van der Waals surface area contributed by atoms with Gasteiger partial charge in [-0.05, 0) is 27.2 Å². The Kier molecular flexibility index (Phi) is 4.82. The van der Waals surface area contributed by atoms with E-state index in [9.17, 15) is 4.55 Å². The minimum absolute atomic E-state index is 0.242. The van der Waals surface area contributed by atoms with E-state index in [2.05, 4.69) is 4.72 Å². The molecular weight excluding hydrogens is 172 g/mol. The van der Waals surface area contributed by atoms with Crippen molar-refractivity contribution in [1.82, 2.24) is 4.72 Å². The zero-order valence-corrected chi connectivity index (χ0v) is 9.05. The fraction of sp³-hybridized carbons (Fsp3) is 0.875. The quantitative estimate of drug-likeness (QED) is 0.521. The van der Waals surface area contributed by atoms with E-state index in [4.69, 9.17) is 5.41 Å². The average molecular weight is 190 g/mol. The van der Waals surface area contributed by atoms with Gasteiger partial charge in [-0.15, -0.1) is 4.72 Å². The van der Waals surface area contributed by atoms with E-state index >= 15 is 0 Å². The van der Waals surface area contributed by atoms with Gasteiger partial charge in [0, 0.05) is 17.1 Å². The Hall–Kier alpha value is -0.0600. The zero-order valence-electron chi connectivity index (χ0n) is 8.23. The molecule has 0 aromatic heterocycles. The minimum atomic E-state index is -1.05. The lowest BCUT2D eigenvalue weighted by molar-refractivity contribution is 0.548. The first-order valence-corrected chi connectivity index (χ1v) is 5.24. The fourth-order valence-electron chi connectivity index (χ4n) is 0.494. The summed E-state index contributed by atoms with van der Waals surface area (Å²) in [7, 11) is 0. The molecule has 0 aliphatic rings. The number of nitrogens with one attached hydrogen (secondary N) is 2. The van der Waals surface area contributed by atoms with Crippen LogP contribution in [0.5, 0.6) is 0 Å². The first-order chi connectivity index (χ1) is 5.38. The molecule has 0 radical (unpaired) electrons. The van der Waals surface area contributed by atoms with Gasteiger partial charge < -0.3 is 9.96 Å². The lowest BCUT2D eigenvalue weighted by Crippen LogP contribution is -2.41. The molecule has 0 aliphatic heterocycles. The highest BCUT2D eigenvalue weighted by atomic mass is 32.2. The van der Waals surface area contributed by atoms with Crippen molar-refractivity contribution in [2.45, 2.75) is 38.9 Å². The van der Waals surface area contributed by atoms with Crippen molar-refractivity contribution in [3.63, 3.8) is 0 Å². The summed E-state index contributed by atoms with van der Waals surface area (Å²) < 4.78 is 14.0. The Bertz CT molecular complexity index is 154. The Morgan fingerprint density at radius 1 is 1.50 bits per heavy atom. The van der Waals surface area contributed by atoms with Crippen molar-refractivity contribution >= 4 is 17.1 Å². The van der Waals surface area contributed by atoms with Crippen LogP contribution in [-0.4, -0.2) is 21.6 Å². The van der Waals surface area contributed by atoms with Gasteiger partial charge in [0.05, 0.1) is 6.54 Å². The molecule has 0 saturated heterocycles. The lowest BCUT2D eigenvalue weighted by Gasteiger charge is -2.23. The van der Waals surface area contributed by atoms with Crippen LogP contribution >= 0.6 is 0 Å². The molecule has 0 heterocycles. The average Bonchev–Trinajstić information content (AvgIpc) is 1.97. The molecule has 0 rings (SSSR count). The van der Waals surface area contributed by atoms with Gasteiger partial charge in [0.25, 0.3) is 0 Å². The maximum Gasteiger partial charge on any atom is 0.136 e. The third kappa shape index (κ3) is 4.74. The van der Waals surface area contributed by atoms with Gasteiger partial charge in [-0.2, -0.15) is 0 Å². The van der Waals surface area contributed by atoms with Crippen LogP contribution in [0.15, 0.2) is 0 Å². The highest BCUT2D eigenvalue weighted by Crippen LogP contribution is 2.12. The summed E-state index contributed by atoms with van der Waals surface area (Å²) in [5.74, 6) is 0. The number of hydrogen-bond donors (Lipinski definition) is 2. The largest absolute Gasteiger partial charge is 0.598 e. The Morgan fingerprint density at radius 2 is 2.00 bits per heavy atom. The summed E-state index contributed by atoms with van der Waals surface area (Å²) in [5.41, 5.74) is 0.590. The van der Waals surface area contributed by atoms with Crippen LogP contribution in [0, 0.1) is 5.41 Å². The van der Waals surface area contributed by atoms with Crippen molar-refractivity contribution in [3.05, 3.63) is 0 Å². The van der Waals surface area contributed by atoms with E-state index in [-0.39, 0.29) is 4.75 Å². The van der Waals surface area contributed by atoms with Crippen LogP contribution in [0.1, 0.15) is 34.1 Å². The maximum atomic E-state index is 11.4. The van der Waals surface area contributed by atoms with Gasteiger partial charge in [0.2, 0.25) is 0 Å². The second-order valence-electron chi connectivity index (χ2n) is 3.66. The molecule has 0 fully saturated rings. The normalized spacial score (nSPS) is 14.4. The fourth-order valence-corrected chi connectivity index (χ4v) is 1.23. The van der Waals surface area contributed by atoms with Crippen molar-refractivity contribution in [2.75, 3.05) is 6.54 Å². The molecule has 12 heavy (non-hydrogen) atoms. The zero-order chi connectivity index (χ0) is 9.78. The molecule has 0 spiro atoms. The molecule has 72 valence electrons. The predicted molar refractivity (Wildman–Crippen MR) is 53.9 cm³/mol. The molecule has 0 aliphatic carbocycles. The Morgan fingerprint density at radius 3 is 2.33 bits per heavy atom. The molecule has 1 unspecified atom stereocenters. The van der Waals surface area contributed by atoms with Gasteiger partial charge in [-0.1, -0.05) is 6.92 Å². The number of rotatable bonds is 4. The van der Waals surface area contributed by atoms with Crippen LogP contribution in [0.3, 0.4) is 0 Å². The van der Waals surface area contributed by atoms with Crippen molar-refractivity contribution in [3.8, 4) is 0 Å². The summed E-state index contributed by atoms with van der Waals surface area (Å²) in [6.07, 6.45) is 0.717. The third-order valence-corrected chi connectivity index (χ3v) is 2.92. The molecule has 4 heteroatoms. The predicted octanol–water partition coefficient (Wildman–Crippen LogP) is 1.47. The molecule has 3 nitrogen and oxygen atoms in total. The van der Waals surface area contributed by atoms with Crippen LogP contribution < -0.4 is 4.72 Å². The van der Waals surface area contributed by atoms with Crippen LogP contribution in [0.2, 0.25) is 0 Å². The molecule has 0 saturated carbocycles. The molecule has 0 aromatic carbocycles. The van der Waals surface area contributed by atoms with E-state index in [1.54, 1.807) is 0 Å². The lowest BCUT2D eigenvalue weighted by atomic mass is 10.3. The Balaban J connectivity index is 3.72. The standard InChI is InChI=1S/C8H18N2OS/c1-5-7(9)6-10-12(11)8(2,3)4/h9-10H,5-6H2,1-4H3. The second-order valence-corrected chi connectivity index (χ2v) is 5.71. The van der Waals surface area contributed by atoms with E-state index in [0.29, 0.717) is 18.7 Å². The second kappa shape index (κ2) is 4.84. The van der Waals surface area contributed by atoms with Gasteiger partial charge in [-0.3, -0.25) is 0 Å².